The topological polar surface area (TPSA) is 41.6 Å². The SMILES string of the molecule is COc1cc(C(=O)N2CCN[C@@H](C)C2)ccc1F. The minimum absolute atomic E-state index is 0.0818. The molecule has 98 valence electrons. The van der Waals surface area contributed by atoms with Gasteiger partial charge in [-0.1, -0.05) is 0 Å². The van der Waals surface area contributed by atoms with Gasteiger partial charge in [0.25, 0.3) is 5.91 Å². The molecule has 0 spiro atoms. The number of carbonyl (C=O) groups is 1. The molecule has 0 unspecified atom stereocenters. The summed E-state index contributed by atoms with van der Waals surface area (Å²) in [6.07, 6.45) is 0. The lowest BCUT2D eigenvalue weighted by atomic mass is 10.1. The summed E-state index contributed by atoms with van der Waals surface area (Å²) >= 11 is 0. The van der Waals surface area contributed by atoms with Crippen LogP contribution in [0.4, 0.5) is 4.39 Å². The normalized spacial score (nSPS) is 19.7. The maximum Gasteiger partial charge on any atom is 0.254 e. The summed E-state index contributed by atoms with van der Waals surface area (Å²) in [7, 11) is 1.39. The molecule has 1 N–H and O–H groups in total. The second kappa shape index (κ2) is 5.35. The van der Waals surface area contributed by atoms with Gasteiger partial charge in [-0.05, 0) is 25.1 Å². The Hall–Kier alpha value is -1.62. The third-order valence-corrected chi connectivity index (χ3v) is 3.05. The zero-order valence-electron chi connectivity index (χ0n) is 10.6. The first-order valence-electron chi connectivity index (χ1n) is 5.98. The van der Waals surface area contributed by atoms with Crippen LogP contribution in [0.15, 0.2) is 18.2 Å². The maximum atomic E-state index is 13.3. The van der Waals surface area contributed by atoms with E-state index in [2.05, 4.69) is 5.32 Å². The van der Waals surface area contributed by atoms with E-state index in [9.17, 15) is 9.18 Å². The number of piperazine rings is 1. The number of nitrogens with one attached hydrogen (secondary N) is 1. The molecule has 0 radical (unpaired) electrons. The van der Waals surface area contributed by atoms with Crippen molar-refractivity contribution in [2.45, 2.75) is 13.0 Å². The Morgan fingerprint density at radius 1 is 1.56 bits per heavy atom. The molecule has 0 bridgehead atoms. The van der Waals surface area contributed by atoms with Gasteiger partial charge < -0.3 is 15.0 Å². The van der Waals surface area contributed by atoms with Gasteiger partial charge in [0.15, 0.2) is 11.6 Å². The molecule has 5 heteroatoms. The first-order chi connectivity index (χ1) is 8.61. The van der Waals surface area contributed by atoms with E-state index in [0.29, 0.717) is 18.7 Å². The van der Waals surface area contributed by atoms with E-state index in [1.54, 1.807) is 4.90 Å². The van der Waals surface area contributed by atoms with Gasteiger partial charge >= 0.3 is 0 Å². The van der Waals surface area contributed by atoms with Gasteiger partial charge in [-0.15, -0.1) is 0 Å². The Kier molecular flexibility index (Phi) is 3.81. The molecule has 1 aliphatic heterocycles. The van der Waals surface area contributed by atoms with Crippen LogP contribution in [0.1, 0.15) is 17.3 Å². The first kappa shape index (κ1) is 12.8. The van der Waals surface area contributed by atoms with Crippen molar-refractivity contribution in [3.05, 3.63) is 29.6 Å². The van der Waals surface area contributed by atoms with Crippen LogP contribution in [0.25, 0.3) is 0 Å². The summed E-state index contributed by atoms with van der Waals surface area (Å²) in [4.78, 5) is 14.0. The summed E-state index contributed by atoms with van der Waals surface area (Å²) in [5, 5.41) is 3.27. The fourth-order valence-corrected chi connectivity index (χ4v) is 2.09. The quantitative estimate of drug-likeness (QED) is 0.861. The van der Waals surface area contributed by atoms with Crippen molar-refractivity contribution in [3.8, 4) is 5.75 Å². The highest BCUT2D eigenvalue weighted by atomic mass is 19.1. The lowest BCUT2D eigenvalue weighted by Gasteiger charge is -2.32. The fraction of sp³-hybridized carbons (Fsp3) is 0.462. The molecule has 0 aromatic heterocycles. The van der Waals surface area contributed by atoms with E-state index in [0.717, 1.165) is 6.54 Å². The number of halogens is 1. The third-order valence-electron chi connectivity index (χ3n) is 3.05. The van der Waals surface area contributed by atoms with E-state index in [-0.39, 0.29) is 17.7 Å². The Labute approximate surface area is 106 Å². The number of hydrogen-bond donors (Lipinski definition) is 1. The van der Waals surface area contributed by atoms with Crippen molar-refractivity contribution in [1.82, 2.24) is 10.2 Å². The molecule has 1 saturated heterocycles. The molecule has 1 heterocycles. The zero-order valence-corrected chi connectivity index (χ0v) is 10.6. The number of hydrogen-bond acceptors (Lipinski definition) is 3. The van der Waals surface area contributed by atoms with E-state index in [4.69, 9.17) is 4.74 Å². The Morgan fingerprint density at radius 2 is 2.33 bits per heavy atom. The summed E-state index contributed by atoms with van der Waals surface area (Å²) in [6, 6.07) is 4.49. The number of ether oxygens (including phenoxy) is 1. The summed E-state index contributed by atoms with van der Waals surface area (Å²) in [6.45, 7) is 4.15. The van der Waals surface area contributed by atoms with Crippen molar-refractivity contribution in [2.24, 2.45) is 0 Å². The molecule has 1 aliphatic rings. The van der Waals surface area contributed by atoms with E-state index in [1.807, 2.05) is 6.92 Å². The van der Waals surface area contributed by atoms with Crippen LogP contribution >= 0.6 is 0 Å². The molecule has 18 heavy (non-hydrogen) atoms. The smallest absolute Gasteiger partial charge is 0.254 e. The molecule has 4 nitrogen and oxygen atoms in total. The van der Waals surface area contributed by atoms with Crippen molar-refractivity contribution in [1.29, 1.82) is 0 Å². The minimum Gasteiger partial charge on any atom is -0.494 e. The third kappa shape index (κ3) is 2.61. The number of nitrogens with zero attached hydrogens (tertiary/aromatic N) is 1. The zero-order chi connectivity index (χ0) is 13.1. The number of methoxy groups -OCH3 is 1. The van der Waals surface area contributed by atoms with Crippen LogP contribution in [-0.4, -0.2) is 43.6 Å². The van der Waals surface area contributed by atoms with E-state index >= 15 is 0 Å². The molecule has 1 fully saturated rings. The van der Waals surface area contributed by atoms with Crippen molar-refractivity contribution in [2.75, 3.05) is 26.7 Å². The highest BCUT2D eigenvalue weighted by molar-refractivity contribution is 5.94. The van der Waals surface area contributed by atoms with E-state index < -0.39 is 5.82 Å². The number of amides is 1. The van der Waals surface area contributed by atoms with Gasteiger partial charge in [-0.3, -0.25) is 4.79 Å². The molecule has 0 saturated carbocycles. The highest BCUT2D eigenvalue weighted by Gasteiger charge is 2.22. The minimum atomic E-state index is -0.456. The Morgan fingerprint density at radius 3 is 3.00 bits per heavy atom. The summed E-state index contributed by atoms with van der Waals surface area (Å²) in [5.74, 6) is -0.437. The monoisotopic (exact) mass is 252 g/mol. The number of carbonyl (C=O) groups excluding carboxylic acids is 1. The first-order valence-corrected chi connectivity index (χ1v) is 5.98. The molecule has 1 amide bonds. The standard InChI is InChI=1S/C13H17FN2O2/c1-9-8-16(6-5-15-9)13(17)10-3-4-11(14)12(7-10)18-2/h3-4,7,9,15H,5-6,8H2,1-2H3/t9-/m0/s1. The molecular formula is C13H17FN2O2. The average Bonchev–Trinajstić information content (AvgIpc) is 2.38. The van der Waals surface area contributed by atoms with Crippen LogP contribution in [0.5, 0.6) is 5.75 Å². The Bertz CT molecular complexity index is 451. The van der Waals surface area contributed by atoms with Gasteiger partial charge in [0.05, 0.1) is 7.11 Å². The number of benzene rings is 1. The van der Waals surface area contributed by atoms with Gasteiger partial charge in [0, 0.05) is 31.2 Å². The van der Waals surface area contributed by atoms with Crippen LogP contribution in [0.2, 0.25) is 0 Å². The molecule has 1 aromatic rings. The van der Waals surface area contributed by atoms with Crippen LogP contribution in [0.3, 0.4) is 0 Å². The molecule has 1 aromatic carbocycles. The highest BCUT2D eigenvalue weighted by Crippen LogP contribution is 2.19. The predicted octanol–water partition coefficient (Wildman–Crippen LogP) is 1.27. The second-order valence-electron chi connectivity index (χ2n) is 4.46. The van der Waals surface area contributed by atoms with Crippen LogP contribution in [0, 0.1) is 5.82 Å². The second-order valence-corrected chi connectivity index (χ2v) is 4.46. The van der Waals surface area contributed by atoms with Gasteiger partial charge in [-0.25, -0.2) is 4.39 Å². The number of rotatable bonds is 2. The van der Waals surface area contributed by atoms with Crippen molar-refractivity contribution in [3.63, 3.8) is 0 Å². The van der Waals surface area contributed by atoms with Crippen molar-refractivity contribution < 1.29 is 13.9 Å². The predicted molar refractivity (Wildman–Crippen MR) is 66.3 cm³/mol. The van der Waals surface area contributed by atoms with Crippen LogP contribution in [-0.2, 0) is 0 Å². The molecule has 1 atom stereocenters. The largest absolute Gasteiger partial charge is 0.494 e. The fourth-order valence-electron chi connectivity index (χ4n) is 2.09. The van der Waals surface area contributed by atoms with Crippen LogP contribution < -0.4 is 10.1 Å². The van der Waals surface area contributed by atoms with Gasteiger partial charge in [-0.2, -0.15) is 0 Å². The molecule has 2 rings (SSSR count). The molecule has 0 aliphatic carbocycles. The maximum absolute atomic E-state index is 13.3. The lowest BCUT2D eigenvalue weighted by molar-refractivity contribution is 0.0708. The summed E-state index contributed by atoms with van der Waals surface area (Å²) < 4.78 is 18.2. The van der Waals surface area contributed by atoms with Crippen molar-refractivity contribution >= 4 is 5.91 Å². The average molecular weight is 252 g/mol. The van der Waals surface area contributed by atoms with Gasteiger partial charge in [0.2, 0.25) is 0 Å². The van der Waals surface area contributed by atoms with E-state index in [1.165, 1.54) is 25.3 Å². The molecular weight excluding hydrogens is 235 g/mol. The summed E-state index contributed by atoms with van der Waals surface area (Å²) in [5.41, 5.74) is 0.461. The Balaban J connectivity index is 2.17. The van der Waals surface area contributed by atoms with Gasteiger partial charge in [0.1, 0.15) is 0 Å². The lowest BCUT2D eigenvalue weighted by Crippen LogP contribution is -2.51.